The molecule has 0 amide bonds. The maximum Gasteiger partial charge on any atom is 0.146 e. The van der Waals surface area contributed by atoms with Crippen LogP contribution < -0.4 is 10.6 Å². The second-order valence-corrected chi connectivity index (χ2v) is 7.24. The summed E-state index contributed by atoms with van der Waals surface area (Å²) in [5, 5.41) is 18.5. The summed E-state index contributed by atoms with van der Waals surface area (Å²) in [5.74, 6) is 2.91. The first kappa shape index (κ1) is 16.4. The molecule has 1 aliphatic heterocycles. The van der Waals surface area contributed by atoms with Gasteiger partial charge in [0.15, 0.2) is 0 Å². The Labute approximate surface area is 148 Å². The van der Waals surface area contributed by atoms with Gasteiger partial charge in [-0.15, -0.1) is 10.2 Å². The normalized spacial score (nSPS) is 24.3. The topological polar surface area (TPSA) is 83.4 Å². The molecule has 7 nitrogen and oxygen atoms in total. The SMILES string of the molecule is Cn1c(CN2CCN(c3cccc(O)c3)CC2)nnc1C1CC(N)C1. The van der Waals surface area contributed by atoms with Crippen molar-refractivity contribution in [2.75, 3.05) is 31.1 Å². The highest BCUT2D eigenvalue weighted by atomic mass is 16.3. The number of nitrogens with two attached hydrogens (primary N) is 1. The molecule has 1 aromatic heterocycles. The van der Waals surface area contributed by atoms with Crippen LogP contribution in [-0.2, 0) is 13.6 Å². The zero-order valence-corrected chi connectivity index (χ0v) is 14.7. The number of benzene rings is 1. The lowest BCUT2D eigenvalue weighted by molar-refractivity contribution is 0.240. The molecule has 3 N–H and O–H groups in total. The molecule has 1 saturated heterocycles. The molecule has 134 valence electrons. The first-order valence-electron chi connectivity index (χ1n) is 9.00. The van der Waals surface area contributed by atoms with Crippen molar-refractivity contribution in [3.05, 3.63) is 35.9 Å². The summed E-state index contributed by atoms with van der Waals surface area (Å²) in [7, 11) is 2.07. The van der Waals surface area contributed by atoms with Crippen LogP contribution >= 0.6 is 0 Å². The summed E-state index contributed by atoms with van der Waals surface area (Å²) < 4.78 is 2.15. The van der Waals surface area contributed by atoms with Crippen molar-refractivity contribution in [2.24, 2.45) is 12.8 Å². The van der Waals surface area contributed by atoms with Crippen LogP contribution in [0.4, 0.5) is 5.69 Å². The van der Waals surface area contributed by atoms with E-state index in [1.165, 1.54) is 0 Å². The minimum atomic E-state index is 0.322. The van der Waals surface area contributed by atoms with E-state index in [0.29, 0.717) is 17.7 Å². The lowest BCUT2D eigenvalue weighted by Crippen LogP contribution is -2.46. The van der Waals surface area contributed by atoms with E-state index in [4.69, 9.17) is 5.73 Å². The monoisotopic (exact) mass is 342 g/mol. The predicted molar refractivity (Wildman–Crippen MR) is 96.6 cm³/mol. The Kier molecular flexibility index (Phi) is 4.35. The van der Waals surface area contributed by atoms with Crippen LogP contribution in [0, 0.1) is 0 Å². The van der Waals surface area contributed by atoms with E-state index in [0.717, 1.165) is 62.9 Å². The predicted octanol–water partition coefficient (Wildman–Crippen LogP) is 1.05. The summed E-state index contributed by atoms with van der Waals surface area (Å²) in [4.78, 5) is 4.73. The van der Waals surface area contributed by atoms with Crippen LogP contribution in [0.3, 0.4) is 0 Å². The highest BCUT2D eigenvalue weighted by Gasteiger charge is 2.31. The van der Waals surface area contributed by atoms with Crippen molar-refractivity contribution in [1.29, 1.82) is 0 Å². The number of aromatic hydroxyl groups is 1. The van der Waals surface area contributed by atoms with Gasteiger partial charge in [-0.3, -0.25) is 4.90 Å². The van der Waals surface area contributed by atoms with Crippen LogP contribution in [0.2, 0.25) is 0 Å². The molecule has 2 heterocycles. The number of piperazine rings is 1. The third-order valence-corrected chi connectivity index (χ3v) is 5.47. The summed E-state index contributed by atoms with van der Waals surface area (Å²) in [6, 6.07) is 7.81. The average Bonchev–Trinajstić information content (AvgIpc) is 2.93. The van der Waals surface area contributed by atoms with Gasteiger partial charge in [-0.2, -0.15) is 0 Å². The van der Waals surface area contributed by atoms with Crippen molar-refractivity contribution in [3.63, 3.8) is 0 Å². The number of nitrogens with zero attached hydrogens (tertiary/aromatic N) is 5. The Morgan fingerprint density at radius 1 is 1.16 bits per heavy atom. The largest absolute Gasteiger partial charge is 0.508 e. The standard InChI is InChI=1S/C18H26N6O/c1-22-17(20-21-18(22)13-9-14(19)10-13)12-23-5-7-24(8-6-23)15-3-2-4-16(25)11-15/h2-4,11,13-14,25H,5-10,12,19H2,1H3. The summed E-state index contributed by atoms with van der Waals surface area (Å²) in [6.07, 6.45) is 2.04. The molecule has 0 spiro atoms. The molecule has 2 aromatic rings. The first-order chi connectivity index (χ1) is 12.1. The molecule has 4 rings (SSSR count). The highest BCUT2D eigenvalue weighted by molar-refractivity contribution is 5.50. The number of aromatic nitrogens is 3. The van der Waals surface area contributed by atoms with Crippen LogP contribution in [0.15, 0.2) is 24.3 Å². The fourth-order valence-electron chi connectivity index (χ4n) is 3.80. The van der Waals surface area contributed by atoms with Gasteiger partial charge >= 0.3 is 0 Å². The summed E-state index contributed by atoms with van der Waals surface area (Å²) in [5.41, 5.74) is 6.98. The van der Waals surface area contributed by atoms with Crippen molar-refractivity contribution in [1.82, 2.24) is 19.7 Å². The van der Waals surface area contributed by atoms with Gasteiger partial charge in [-0.25, -0.2) is 0 Å². The smallest absolute Gasteiger partial charge is 0.146 e. The molecule has 0 atom stereocenters. The van der Waals surface area contributed by atoms with Crippen LogP contribution in [0.1, 0.15) is 30.4 Å². The molecule has 1 aliphatic carbocycles. The Balaban J connectivity index is 1.34. The molecular formula is C18H26N6O. The van der Waals surface area contributed by atoms with Gasteiger partial charge in [0.2, 0.25) is 0 Å². The van der Waals surface area contributed by atoms with E-state index in [2.05, 4.69) is 31.6 Å². The first-order valence-corrected chi connectivity index (χ1v) is 9.00. The molecule has 1 aromatic carbocycles. The fraction of sp³-hybridized carbons (Fsp3) is 0.556. The second kappa shape index (κ2) is 6.65. The number of rotatable bonds is 4. The third-order valence-electron chi connectivity index (χ3n) is 5.47. The van der Waals surface area contributed by atoms with E-state index in [1.54, 1.807) is 6.07 Å². The third kappa shape index (κ3) is 3.34. The van der Waals surface area contributed by atoms with E-state index in [9.17, 15) is 5.11 Å². The Morgan fingerprint density at radius 2 is 1.92 bits per heavy atom. The Morgan fingerprint density at radius 3 is 2.60 bits per heavy atom. The van der Waals surface area contributed by atoms with Gasteiger partial charge in [0.1, 0.15) is 17.4 Å². The minimum absolute atomic E-state index is 0.322. The number of hydrogen-bond acceptors (Lipinski definition) is 6. The number of phenols is 1. The molecule has 0 unspecified atom stereocenters. The van der Waals surface area contributed by atoms with Crippen molar-refractivity contribution < 1.29 is 5.11 Å². The maximum absolute atomic E-state index is 9.65. The van der Waals surface area contributed by atoms with Gasteiger partial charge in [0, 0.05) is 56.9 Å². The molecule has 7 heteroatoms. The Hall–Kier alpha value is -2.12. The zero-order valence-electron chi connectivity index (χ0n) is 14.7. The lowest BCUT2D eigenvalue weighted by Gasteiger charge is -2.36. The van der Waals surface area contributed by atoms with E-state index in [-0.39, 0.29) is 0 Å². The molecule has 0 bridgehead atoms. The number of anilines is 1. The highest BCUT2D eigenvalue weighted by Crippen LogP contribution is 2.34. The molecule has 2 fully saturated rings. The van der Waals surface area contributed by atoms with Gasteiger partial charge in [0.25, 0.3) is 0 Å². The fourth-order valence-corrected chi connectivity index (χ4v) is 3.80. The molecule has 2 aliphatic rings. The van der Waals surface area contributed by atoms with E-state index in [1.807, 2.05) is 18.2 Å². The van der Waals surface area contributed by atoms with Gasteiger partial charge < -0.3 is 20.3 Å². The minimum Gasteiger partial charge on any atom is -0.508 e. The van der Waals surface area contributed by atoms with E-state index < -0.39 is 0 Å². The lowest BCUT2D eigenvalue weighted by atomic mass is 9.80. The number of hydrogen-bond donors (Lipinski definition) is 2. The van der Waals surface area contributed by atoms with Gasteiger partial charge in [-0.05, 0) is 25.0 Å². The molecule has 25 heavy (non-hydrogen) atoms. The zero-order chi connectivity index (χ0) is 17.4. The second-order valence-electron chi connectivity index (χ2n) is 7.24. The Bertz CT molecular complexity index is 731. The van der Waals surface area contributed by atoms with Crippen LogP contribution in [-0.4, -0.2) is 57.0 Å². The maximum atomic E-state index is 9.65. The average molecular weight is 342 g/mol. The van der Waals surface area contributed by atoms with Crippen LogP contribution in [0.5, 0.6) is 5.75 Å². The molecule has 1 saturated carbocycles. The van der Waals surface area contributed by atoms with Crippen molar-refractivity contribution in [3.8, 4) is 5.75 Å². The number of phenolic OH excluding ortho intramolecular Hbond substituents is 1. The quantitative estimate of drug-likeness (QED) is 0.864. The van der Waals surface area contributed by atoms with Crippen molar-refractivity contribution in [2.45, 2.75) is 31.3 Å². The van der Waals surface area contributed by atoms with Gasteiger partial charge in [-0.1, -0.05) is 6.07 Å². The van der Waals surface area contributed by atoms with Gasteiger partial charge in [0.05, 0.1) is 6.54 Å². The summed E-state index contributed by atoms with van der Waals surface area (Å²) >= 11 is 0. The van der Waals surface area contributed by atoms with Crippen molar-refractivity contribution >= 4 is 5.69 Å². The molecular weight excluding hydrogens is 316 g/mol. The van der Waals surface area contributed by atoms with E-state index >= 15 is 0 Å². The summed E-state index contributed by atoms with van der Waals surface area (Å²) in [6.45, 7) is 4.69. The van der Waals surface area contributed by atoms with Crippen LogP contribution in [0.25, 0.3) is 0 Å². The molecule has 0 radical (unpaired) electrons.